The molecule has 1 atom stereocenters. The van der Waals surface area contributed by atoms with E-state index in [0.717, 1.165) is 12.0 Å². The lowest BCUT2D eigenvalue weighted by Gasteiger charge is -2.23. The van der Waals surface area contributed by atoms with Crippen LogP contribution in [-0.2, 0) is 11.2 Å². The molecule has 2 rings (SSSR count). The second-order valence-corrected chi connectivity index (χ2v) is 6.89. The van der Waals surface area contributed by atoms with Gasteiger partial charge in [-0.1, -0.05) is 45.0 Å². The number of carbonyl (C=O) groups excluding carboxylic acids is 1. The van der Waals surface area contributed by atoms with Crippen LogP contribution in [0.5, 0.6) is 5.75 Å². The number of nitrogens with one attached hydrogen (secondary N) is 2. The Bertz CT molecular complexity index is 819. The van der Waals surface area contributed by atoms with E-state index in [4.69, 9.17) is 4.74 Å². The predicted molar refractivity (Wildman–Crippen MR) is 110 cm³/mol. The molecule has 0 aromatic heterocycles. The van der Waals surface area contributed by atoms with Crippen molar-refractivity contribution in [3.8, 4) is 5.75 Å². The van der Waals surface area contributed by atoms with E-state index in [1.54, 1.807) is 0 Å². The van der Waals surface area contributed by atoms with E-state index in [0.29, 0.717) is 5.75 Å². The van der Waals surface area contributed by atoms with Crippen molar-refractivity contribution in [2.45, 2.75) is 33.2 Å². The van der Waals surface area contributed by atoms with Crippen molar-refractivity contribution in [2.75, 3.05) is 19.0 Å². The van der Waals surface area contributed by atoms with E-state index in [1.165, 1.54) is 30.9 Å². The van der Waals surface area contributed by atoms with Gasteiger partial charge in [0.05, 0.1) is 24.3 Å². The molecular formula is C21H27N3O4. The SMILES string of the molecule is CCc1ccc([C@@H](NCC(=O)Nc2cc([N+](=O)[O-])ccc2OC)C(C)C)cc1. The van der Waals surface area contributed by atoms with Crippen LogP contribution in [0.25, 0.3) is 0 Å². The summed E-state index contributed by atoms with van der Waals surface area (Å²) in [5.74, 6) is 0.358. The highest BCUT2D eigenvalue weighted by molar-refractivity contribution is 5.94. The quantitative estimate of drug-likeness (QED) is 0.501. The minimum absolute atomic E-state index is 0.0173. The Morgan fingerprint density at radius 1 is 1.18 bits per heavy atom. The normalized spacial score (nSPS) is 11.9. The van der Waals surface area contributed by atoms with Crippen molar-refractivity contribution in [1.29, 1.82) is 0 Å². The molecule has 0 aliphatic rings. The molecular weight excluding hydrogens is 358 g/mol. The number of aryl methyl sites for hydroxylation is 1. The lowest BCUT2D eigenvalue weighted by Crippen LogP contribution is -2.33. The average Bonchev–Trinajstić information content (AvgIpc) is 2.68. The number of nitrogens with zero attached hydrogens (tertiary/aromatic N) is 1. The fourth-order valence-corrected chi connectivity index (χ4v) is 3.00. The van der Waals surface area contributed by atoms with E-state index in [1.807, 2.05) is 0 Å². The van der Waals surface area contributed by atoms with Crippen LogP contribution in [0.3, 0.4) is 0 Å². The number of methoxy groups -OCH3 is 1. The van der Waals surface area contributed by atoms with Crippen LogP contribution < -0.4 is 15.4 Å². The van der Waals surface area contributed by atoms with Gasteiger partial charge in [-0.05, 0) is 29.5 Å². The van der Waals surface area contributed by atoms with Crippen LogP contribution in [-0.4, -0.2) is 24.5 Å². The van der Waals surface area contributed by atoms with Crippen LogP contribution in [0.15, 0.2) is 42.5 Å². The Balaban J connectivity index is 2.07. The summed E-state index contributed by atoms with van der Waals surface area (Å²) in [6, 6.07) is 12.5. The number of anilines is 1. The van der Waals surface area contributed by atoms with Gasteiger partial charge in [0.25, 0.3) is 5.69 Å². The second kappa shape index (κ2) is 9.85. The first-order valence-corrected chi connectivity index (χ1v) is 9.30. The Labute approximate surface area is 165 Å². The smallest absolute Gasteiger partial charge is 0.271 e. The summed E-state index contributed by atoms with van der Waals surface area (Å²) in [5.41, 5.74) is 2.55. The highest BCUT2D eigenvalue weighted by Crippen LogP contribution is 2.29. The van der Waals surface area contributed by atoms with Crippen molar-refractivity contribution in [2.24, 2.45) is 5.92 Å². The van der Waals surface area contributed by atoms with Crippen LogP contribution in [0.2, 0.25) is 0 Å². The van der Waals surface area contributed by atoms with Crippen molar-refractivity contribution >= 4 is 17.3 Å². The van der Waals surface area contributed by atoms with Gasteiger partial charge in [0.15, 0.2) is 0 Å². The number of non-ortho nitro benzene ring substituents is 1. The number of amides is 1. The Kier molecular flexibility index (Phi) is 7.52. The Morgan fingerprint density at radius 2 is 1.86 bits per heavy atom. The molecule has 0 fully saturated rings. The van der Waals surface area contributed by atoms with Crippen molar-refractivity contribution in [3.63, 3.8) is 0 Å². The summed E-state index contributed by atoms with van der Waals surface area (Å²) in [7, 11) is 1.45. The van der Waals surface area contributed by atoms with Crippen LogP contribution in [0, 0.1) is 16.0 Å². The number of nitro benzene ring substituents is 1. The van der Waals surface area contributed by atoms with Gasteiger partial charge >= 0.3 is 0 Å². The summed E-state index contributed by atoms with van der Waals surface area (Å²) in [4.78, 5) is 22.9. The summed E-state index contributed by atoms with van der Waals surface area (Å²) >= 11 is 0. The fraction of sp³-hybridized carbons (Fsp3) is 0.381. The lowest BCUT2D eigenvalue weighted by atomic mass is 9.95. The predicted octanol–water partition coefficient (Wildman–Crippen LogP) is 4.09. The van der Waals surface area contributed by atoms with Crippen LogP contribution >= 0.6 is 0 Å². The minimum atomic E-state index is -0.512. The fourth-order valence-electron chi connectivity index (χ4n) is 3.00. The molecule has 0 saturated heterocycles. The third kappa shape index (κ3) is 5.53. The zero-order valence-electron chi connectivity index (χ0n) is 16.7. The van der Waals surface area contributed by atoms with E-state index < -0.39 is 4.92 Å². The van der Waals surface area contributed by atoms with Gasteiger partial charge < -0.3 is 15.4 Å². The Morgan fingerprint density at radius 3 is 2.39 bits per heavy atom. The average molecular weight is 385 g/mol. The number of benzene rings is 2. The first-order valence-electron chi connectivity index (χ1n) is 9.30. The van der Waals surface area contributed by atoms with Gasteiger partial charge in [-0.3, -0.25) is 14.9 Å². The number of nitro groups is 1. The first-order chi connectivity index (χ1) is 13.3. The highest BCUT2D eigenvalue weighted by atomic mass is 16.6. The number of carbonyl (C=O) groups is 1. The molecule has 7 nitrogen and oxygen atoms in total. The van der Waals surface area contributed by atoms with E-state index in [2.05, 4.69) is 55.7 Å². The number of hydrogen-bond acceptors (Lipinski definition) is 5. The van der Waals surface area contributed by atoms with E-state index in [9.17, 15) is 14.9 Å². The monoisotopic (exact) mass is 385 g/mol. The zero-order chi connectivity index (χ0) is 20.7. The molecule has 28 heavy (non-hydrogen) atoms. The molecule has 0 heterocycles. The molecule has 7 heteroatoms. The summed E-state index contributed by atoms with van der Waals surface area (Å²) in [6.07, 6.45) is 0.980. The highest BCUT2D eigenvalue weighted by Gasteiger charge is 2.18. The largest absolute Gasteiger partial charge is 0.495 e. The van der Waals surface area contributed by atoms with Crippen LogP contribution in [0.4, 0.5) is 11.4 Å². The molecule has 2 N–H and O–H groups in total. The Hall–Kier alpha value is -2.93. The molecule has 0 aliphatic heterocycles. The lowest BCUT2D eigenvalue weighted by molar-refractivity contribution is -0.384. The van der Waals surface area contributed by atoms with Crippen molar-refractivity contribution in [3.05, 3.63) is 63.7 Å². The van der Waals surface area contributed by atoms with Crippen molar-refractivity contribution < 1.29 is 14.5 Å². The molecule has 0 spiro atoms. The van der Waals surface area contributed by atoms with E-state index >= 15 is 0 Å². The summed E-state index contributed by atoms with van der Waals surface area (Å²) in [5, 5.41) is 16.9. The summed E-state index contributed by atoms with van der Waals surface area (Å²) in [6.45, 7) is 6.36. The second-order valence-electron chi connectivity index (χ2n) is 6.89. The van der Waals surface area contributed by atoms with Crippen LogP contribution in [0.1, 0.15) is 37.9 Å². The van der Waals surface area contributed by atoms with Gasteiger partial charge in [0.2, 0.25) is 5.91 Å². The molecule has 0 unspecified atom stereocenters. The maximum Gasteiger partial charge on any atom is 0.271 e. The number of rotatable bonds is 9. The van der Waals surface area contributed by atoms with Gasteiger partial charge in [-0.15, -0.1) is 0 Å². The molecule has 150 valence electrons. The maximum absolute atomic E-state index is 12.4. The number of ether oxygens (including phenoxy) is 1. The topological polar surface area (TPSA) is 93.5 Å². The van der Waals surface area contributed by atoms with Gasteiger partial charge in [0, 0.05) is 18.2 Å². The number of hydrogen-bond donors (Lipinski definition) is 2. The zero-order valence-corrected chi connectivity index (χ0v) is 16.7. The summed E-state index contributed by atoms with van der Waals surface area (Å²) < 4.78 is 5.18. The molecule has 2 aromatic carbocycles. The maximum atomic E-state index is 12.4. The molecule has 0 radical (unpaired) electrons. The van der Waals surface area contributed by atoms with Gasteiger partial charge in [0.1, 0.15) is 5.75 Å². The molecule has 1 amide bonds. The molecule has 0 aliphatic carbocycles. The molecule has 0 saturated carbocycles. The third-order valence-corrected chi connectivity index (χ3v) is 4.56. The minimum Gasteiger partial charge on any atom is -0.495 e. The first kappa shape index (κ1) is 21.4. The molecule has 2 aromatic rings. The van der Waals surface area contributed by atoms with Crippen molar-refractivity contribution in [1.82, 2.24) is 5.32 Å². The molecule has 0 bridgehead atoms. The standard InChI is InChI=1S/C21H27N3O4/c1-5-15-6-8-16(9-7-15)21(14(2)3)22-13-20(25)23-18-12-17(24(26)27)10-11-19(18)28-4/h6-12,14,21-22H,5,13H2,1-4H3,(H,23,25)/t21-/m0/s1. The van der Waals surface area contributed by atoms with Gasteiger partial charge in [-0.25, -0.2) is 0 Å². The van der Waals surface area contributed by atoms with Gasteiger partial charge in [-0.2, -0.15) is 0 Å². The van der Waals surface area contributed by atoms with E-state index in [-0.39, 0.29) is 35.8 Å². The third-order valence-electron chi connectivity index (χ3n) is 4.56.